The minimum Gasteiger partial charge on any atom is -0.371 e. The molecule has 2 aliphatic carbocycles. The third kappa shape index (κ3) is 5.27. The highest BCUT2D eigenvalue weighted by Gasteiger charge is 2.55. The number of nitrogens with zero attached hydrogens (tertiary/aromatic N) is 2. The molecule has 4 heteroatoms. The summed E-state index contributed by atoms with van der Waals surface area (Å²) in [7, 11) is 0. The van der Waals surface area contributed by atoms with Gasteiger partial charge >= 0.3 is 0 Å². The van der Waals surface area contributed by atoms with Crippen LogP contribution in [0.5, 0.6) is 0 Å². The van der Waals surface area contributed by atoms with E-state index in [2.05, 4.69) is 69.2 Å². The van der Waals surface area contributed by atoms with E-state index in [4.69, 9.17) is 23.2 Å². The quantitative estimate of drug-likeness (QED) is 0.229. The second-order valence-corrected chi connectivity index (χ2v) is 14.2. The Hall–Kier alpha value is -0.470. The first-order chi connectivity index (χ1) is 16.6. The monoisotopic (exact) mass is 521 g/mol. The summed E-state index contributed by atoms with van der Waals surface area (Å²) in [4.78, 5) is 2.78. The molecule has 3 fully saturated rings. The third-order valence-electron chi connectivity index (χ3n) is 10.1. The molecule has 1 saturated heterocycles. The second-order valence-electron chi connectivity index (χ2n) is 13.0. The van der Waals surface area contributed by atoms with Crippen molar-refractivity contribution in [3.63, 3.8) is 0 Å². The molecule has 2 heterocycles. The number of fused-ring (bicyclic) bond motifs is 2. The smallest absolute Gasteiger partial charge is 0.182 e. The molecule has 6 atom stereocenters. The zero-order valence-electron chi connectivity index (χ0n) is 23.3. The first kappa shape index (κ1) is 27.6. The van der Waals surface area contributed by atoms with E-state index in [0.717, 1.165) is 25.7 Å². The van der Waals surface area contributed by atoms with E-state index in [-0.39, 0.29) is 10.8 Å². The number of alkyl halides is 2. The van der Waals surface area contributed by atoms with Gasteiger partial charge in [0, 0.05) is 59.3 Å². The van der Waals surface area contributed by atoms with Crippen molar-refractivity contribution < 1.29 is 4.58 Å². The normalized spacial score (nSPS) is 37.4. The van der Waals surface area contributed by atoms with Gasteiger partial charge in [0.1, 0.15) is 6.54 Å². The summed E-state index contributed by atoms with van der Waals surface area (Å²) in [6, 6.07) is 1.32. The molecule has 0 spiro atoms. The number of hydrogen-bond acceptors (Lipinski definition) is 1. The molecule has 0 bridgehead atoms. The average Bonchev–Trinajstić information content (AvgIpc) is 3.15. The molecular formula is C31H51Cl2N2+. The Morgan fingerprint density at radius 3 is 2.23 bits per heavy atom. The Morgan fingerprint density at radius 1 is 0.886 bits per heavy atom. The number of allylic oxidation sites excluding steroid dienone is 4. The van der Waals surface area contributed by atoms with Crippen LogP contribution in [0, 0.1) is 22.7 Å². The first-order valence-corrected chi connectivity index (χ1v) is 15.6. The van der Waals surface area contributed by atoms with Gasteiger partial charge in [-0.15, -0.1) is 23.2 Å². The topological polar surface area (TPSA) is 6.25 Å². The van der Waals surface area contributed by atoms with Crippen molar-refractivity contribution in [2.45, 2.75) is 129 Å². The summed E-state index contributed by atoms with van der Waals surface area (Å²) < 4.78 is 2.78. The van der Waals surface area contributed by atoms with E-state index < -0.39 is 0 Å². The van der Waals surface area contributed by atoms with Crippen LogP contribution in [0.1, 0.15) is 106 Å². The van der Waals surface area contributed by atoms with E-state index in [1.165, 1.54) is 63.0 Å². The molecule has 4 rings (SSSR count). The first-order valence-electron chi connectivity index (χ1n) is 14.7. The highest BCUT2D eigenvalue weighted by Crippen LogP contribution is 2.54. The number of rotatable bonds is 8. The van der Waals surface area contributed by atoms with E-state index in [0.29, 0.717) is 34.7 Å². The molecule has 4 aliphatic rings. The molecule has 35 heavy (non-hydrogen) atoms. The summed E-state index contributed by atoms with van der Waals surface area (Å²) in [6.45, 7) is 16.9. The van der Waals surface area contributed by atoms with Crippen molar-refractivity contribution in [1.82, 2.24) is 4.90 Å². The molecule has 0 radical (unpaired) electrons. The molecule has 0 N–H and O–H groups in total. The van der Waals surface area contributed by atoms with Crippen molar-refractivity contribution in [1.29, 1.82) is 0 Å². The molecule has 2 saturated carbocycles. The largest absolute Gasteiger partial charge is 0.371 e. The molecule has 0 aromatic heterocycles. The lowest BCUT2D eigenvalue weighted by atomic mass is 9.69. The van der Waals surface area contributed by atoms with E-state index >= 15 is 0 Å². The molecule has 0 aromatic rings. The van der Waals surface area contributed by atoms with Gasteiger partial charge in [0.25, 0.3) is 0 Å². The predicted octanol–water partition coefficient (Wildman–Crippen LogP) is 8.41. The van der Waals surface area contributed by atoms with Crippen LogP contribution in [0.3, 0.4) is 0 Å². The summed E-state index contributed by atoms with van der Waals surface area (Å²) in [5.41, 5.74) is 3.43. The van der Waals surface area contributed by atoms with Gasteiger partial charge in [0.15, 0.2) is 11.8 Å². The van der Waals surface area contributed by atoms with Crippen LogP contribution in [0.4, 0.5) is 0 Å². The molecule has 2 aliphatic heterocycles. The lowest BCUT2D eigenvalue weighted by Gasteiger charge is -2.36. The Kier molecular flexibility index (Phi) is 8.74. The zero-order chi connectivity index (χ0) is 25.4. The number of hydrogen-bond donors (Lipinski definition) is 0. The zero-order valence-corrected chi connectivity index (χ0v) is 24.8. The van der Waals surface area contributed by atoms with E-state index in [1.54, 1.807) is 0 Å². The van der Waals surface area contributed by atoms with Crippen LogP contribution in [0.2, 0.25) is 0 Å². The van der Waals surface area contributed by atoms with Crippen LogP contribution in [0.25, 0.3) is 0 Å². The lowest BCUT2D eigenvalue weighted by Crippen LogP contribution is -2.38. The fourth-order valence-corrected chi connectivity index (χ4v) is 8.70. The maximum absolute atomic E-state index is 6.69. The van der Waals surface area contributed by atoms with Gasteiger partial charge in [0.2, 0.25) is 0 Å². The Labute approximate surface area is 226 Å². The number of likely N-dealkylation sites (tertiary alicyclic amines) is 1. The van der Waals surface area contributed by atoms with Crippen LogP contribution in [-0.2, 0) is 0 Å². The van der Waals surface area contributed by atoms with Crippen LogP contribution in [-0.4, -0.2) is 51.1 Å². The number of unbranched alkanes of at least 4 members (excludes halogenated alkanes) is 2. The van der Waals surface area contributed by atoms with Crippen molar-refractivity contribution in [3.8, 4) is 0 Å². The molecule has 0 aromatic carbocycles. The SMILES string of the molecule is CCCCN1/C(=C/C=C/C2=[N+](CCCC)C3CCC(Cl)CC3C2(C)C)C(C)(C)C2CC(Cl)CCC21. The molecule has 6 unspecified atom stereocenters. The fourth-order valence-electron chi connectivity index (χ4n) is 8.06. The van der Waals surface area contributed by atoms with Crippen LogP contribution < -0.4 is 0 Å². The van der Waals surface area contributed by atoms with Gasteiger partial charge < -0.3 is 4.90 Å². The molecule has 0 amide bonds. The summed E-state index contributed by atoms with van der Waals surface area (Å²) >= 11 is 13.4. The maximum atomic E-state index is 6.69. The van der Waals surface area contributed by atoms with Gasteiger partial charge in [-0.1, -0.05) is 46.6 Å². The lowest BCUT2D eigenvalue weighted by molar-refractivity contribution is -0.566. The van der Waals surface area contributed by atoms with Gasteiger partial charge in [-0.25, -0.2) is 4.58 Å². The predicted molar refractivity (Wildman–Crippen MR) is 153 cm³/mol. The Balaban J connectivity index is 1.66. The van der Waals surface area contributed by atoms with Gasteiger partial charge in [-0.3, -0.25) is 0 Å². The van der Waals surface area contributed by atoms with Crippen LogP contribution >= 0.6 is 23.2 Å². The van der Waals surface area contributed by atoms with Crippen molar-refractivity contribution in [2.24, 2.45) is 22.7 Å². The minimum atomic E-state index is 0.175. The summed E-state index contributed by atoms with van der Waals surface area (Å²) in [6.07, 6.45) is 19.5. The standard InChI is InChI=1S/C31H51Cl2N2/c1-7-9-18-34-26-16-14-22(32)20-24(26)30(3,4)28(34)12-11-13-29-31(5,6)25-21-23(33)15-17-27(25)35(29)19-10-8-2/h11-13,22-27H,7-10,14-21H2,1-6H3/q+1. The van der Waals surface area contributed by atoms with Crippen molar-refractivity contribution in [2.75, 3.05) is 13.1 Å². The molecule has 2 nitrogen and oxygen atoms in total. The Bertz CT molecular complexity index is 839. The summed E-state index contributed by atoms with van der Waals surface area (Å²) in [5, 5.41) is 0.684. The minimum absolute atomic E-state index is 0.175. The summed E-state index contributed by atoms with van der Waals surface area (Å²) in [5.74, 6) is 1.32. The average molecular weight is 523 g/mol. The maximum Gasteiger partial charge on any atom is 0.182 e. The fraction of sp³-hybridized carbons (Fsp3) is 0.839. The number of halogens is 2. The van der Waals surface area contributed by atoms with Gasteiger partial charge in [-0.2, -0.15) is 0 Å². The van der Waals surface area contributed by atoms with Crippen molar-refractivity contribution in [3.05, 3.63) is 23.9 Å². The van der Waals surface area contributed by atoms with E-state index in [1.807, 2.05) is 0 Å². The van der Waals surface area contributed by atoms with Gasteiger partial charge in [-0.05, 0) is 64.4 Å². The molecule has 198 valence electrons. The third-order valence-corrected chi connectivity index (χ3v) is 10.9. The van der Waals surface area contributed by atoms with Gasteiger partial charge in [0.05, 0.1) is 5.41 Å². The molecular weight excluding hydrogens is 471 g/mol. The second kappa shape index (κ2) is 11.1. The highest BCUT2D eigenvalue weighted by atomic mass is 35.5. The highest BCUT2D eigenvalue weighted by molar-refractivity contribution is 6.20. The Morgan fingerprint density at radius 2 is 1.54 bits per heavy atom. The van der Waals surface area contributed by atoms with E-state index in [9.17, 15) is 0 Å². The van der Waals surface area contributed by atoms with Crippen molar-refractivity contribution >= 4 is 28.9 Å². The van der Waals surface area contributed by atoms with Crippen LogP contribution in [0.15, 0.2) is 23.9 Å².